The maximum absolute atomic E-state index is 13.5. The van der Waals surface area contributed by atoms with Gasteiger partial charge in [-0.1, -0.05) is 24.4 Å². The molecule has 0 aromatic heterocycles. The van der Waals surface area contributed by atoms with Crippen LogP contribution in [-0.4, -0.2) is 43.3 Å². The summed E-state index contributed by atoms with van der Waals surface area (Å²) in [4.78, 5) is 2.91. The highest BCUT2D eigenvalue weighted by Crippen LogP contribution is 2.23. The number of benzene rings is 1. The van der Waals surface area contributed by atoms with Gasteiger partial charge in [0.15, 0.2) is 11.6 Å². The minimum absolute atomic E-state index is 0.285. The average Bonchev–Trinajstić information content (AvgIpc) is 2.40. The zero-order chi connectivity index (χ0) is 13.0. The van der Waals surface area contributed by atoms with Crippen LogP contribution in [0, 0.1) is 5.82 Å². The van der Waals surface area contributed by atoms with Crippen molar-refractivity contribution in [2.24, 2.45) is 0 Å². The van der Waals surface area contributed by atoms with E-state index in [-0.39, 0.29) is 11.6 Å². The van der Waals surface area contributed by atoms with Crippen molar-refractivity contribution >= 4 is 17.2 Å². The summed E-state index contributed by atoms with van der Waals surface area (Å²) >= 11 is 5.40. The molecule has 1 fully saturated rings. The number of para-hydroxylation sites is 1. The second-order valence-electron chi connectivity index (χ2n) is 4.10. The highest BCUT2D eigenvalue weighted by molar-refractivity contribution is 7.80. The normalized spacial score (nSPS) is 15.6. The number of nitrogens with zero attached hydrogens (tertiary/aromatic N) is 1. The summed E-state index contributed by atoms with van der Waals surface area (Å²) in [6, 6.07) is 4.91. The van der Waals surface area contributed by atoms with Crippen LogP contribution in [0.1, 0.15) is 5.56 Å². The van der Waals surface area contributed by atoms with Crippen LogP contribution >= 0.6 is 12.2 Å². The number of ether oxygens (including phenoxy) is 2. The van der Waals surface area contributed by atoms with Crippen LogP contribution in [0.25, 0.3) is 0 Å². The maximum atomic E-state index is 13.5. The van der Waals surface area contributed by atoms with Crippen molar-refractivity contribution in [2.45, 2.75) is 6.42 Å². The number of rotatable bonds is 3. The lowest BCUT2D eigenvalue weighted by molar-refractivity contribution is 0.0684. The fraction of sp³-hybridized carbons (Fsp3) is 0.462. The summed E-state index contributed by atoms with van der Waals surface area (Å²) < 4.78 is 23.9. The Bertz CT molecular complexity index is 433. The number of halogens is 1. The molecule has 0 spiro atoms. The molecule has 1 aromatic carbocycles. The highest BCUT2D eigenvalue weighted by Gasteiger charge is 2.16. The fourth-order valence-electron chi connectivity index (χ4n) is 2.01. The van der Waals surface area contributed by atoms with Crippen LogP contribution in [0.2, 0.25) is 0 Å². The van der Waals surface area contributed by atoms with Gasteiger partial charge in [-0.15, -0.1) is 0 Å². The first kappa shape index (κ1) is 13.2. The monoisotopic (exact) mass is 269 g/mol. The van der Waals surface area contributed by atoms with Gasteiger partial charge in [0, 0.05) is 25.1 Å². The van der Waals surface area contributed by atoms with Crippen molar-refractivity contribution in [1.82, 2.24) is 4.90 Å². The third kappa shape index (κ3) is 2.97. The van der Waals surface area contributed by atoms with Gasteiger partial charge in [-0.3, -0.25) is 0 Å². The minimum atomic E-state index is -0.347. The fourth-order valence-corrected chi connectivity index (χ4v) is 2.35. The predicted octanol–water partition coefficient (Wildman–Crippen LogP) is 2.04. The van der Waals surface area contributed by atoms with Crippen molar-refractivity contribution in [1.29, 1.82) is 0 Å². The summed E-state index contributed by atoms with van der Waals surface area (Å²) in [5.41, 5.74) is 0.786. The van der Waals surface area contributed by atoms with Crippen LogP contribution in [0.15, 0.2) is 18.2 Å². The Morgan fingerprint density at radius 3 is 2.83 bits per heavy atom. The molecule has 1 aliphatic rings. The van der Waals surface area contributed by atoms with Gasteiger partial charge in [0.1, 0.15) is 0 Å². The molecule has 3 nitrogen and oxygen atoms in total. The van der Waals surface area contributed by atoms with Crippen LogP contribution in [0.3, 0.4) is 0 Å². The lowest BCUT2D eigenvalue weighted by Crippen LogP contribution is -2.40. The summed E-state index contributed by atoms with van der Waals surface area (Å²) in [7, 11) is 1.47. The Morgan fingerprint density at radius 1 is 1.44 bits per heavy atom. The number of hydrogen-bond donors (Lipinski definition) is 0. The van der Waals surface area contributed by atoms with Crippen LogP contribution in [-0.2, 0) is 11.2 Å². The van der Waals surface area contributed by atoms with Crippen molar-refractivity contribution in [3.63, 3.8) is 0 Å². The van der Waals surface area contributed by atoms with E-state index in [0.29, 0.717) is 19.6 Å². The molecule has 98 valence electrons. The van der Waals surface area contributed by atoms with Crippen molar-refractivity contribution in [2.75, 3.05) is 33.4 Å². The van der Waals surface area contributed by atoms with Gasteiger partial charge >= 0.3 is 0 Å². The van der Waals surface area contributed by atoms with E-state index in [9.17, 15) is 4.39 Å². The van der Waals surface area contributed by atoms with Crippen LogP contribution in [0.5, 0.6) is 5.75 Å². The molecule has 0 radical (unpaired) electrons. The third-order valence-corrected chi connectivity index (χ3v) is 3.36. The second-order valence-corrected chi connectivity index (χ2v) is 4.57. The predicted molar refractivity (Wildman–Crippen MR) is 71.6 cm³/mol. The second kappa shape index (κ2) is 6.11. The first-order chi connectivity index (χ1) is 8.72. The van der Waals surface area contributed by atoms with Gasteiger partial charge < -0.3 is 14.4 Å². The Morgan fingerprint density at radius 2 is 2.17 bits per heavy atom. The summed E-state index contributed by atoms with van der Waals surface area (Å²) in [5.74, 6) is -0.0621. The van der Waals surface area contributed by atoms with E-state index in [4.69, 9.17) is 21.7 Å². The van der Waals surface area contributed by atoms with Gasteiger partial charge in [0.05, 0.1) is 25.3 Å². The van der Waals surface area contributed by atoms with Gasteiger partial charge in [-0.2, -0.15) is 0 Å². The molecule has 0 unspecified atom stereocenters. The number of morpholine rings is 1. The molecule has 1 heterocycles. The van der Waals surface area contributed by atoms with E-state index < -0.39 is 0 Å². The number of methoxy groups -OCH3 is 1. The molecule has 1 aliphatic heterocycles. The zero-order valence-corrected chi connectivity index (χ0v) is 11.1. The number of hydrogen-bond acceptors (Lipinski definition) is 3. The zero-order valence-electron chi connectivity index (χ0n) is 10.3. The Hall–Kier alpha value is -1.20. The largest absolute Gasteiger partial charge is 0.493 e. The highest BCUT2D eigenvalue weighted by atomic mass is 32.1. The SMILES string of the molecule is COc1c(F)cccc1CC(=S)N1CCOCC1. The summed E-state index contributed by atoms with van der Waals surface area (Å²) in [6.07, 6.45) is 0.524. The van der Waals surface area contributed by atoms with Gasteiger partial charge in [-0.25, -0.2) is 4.39 Å². The van der Waals surface area contributed by atoms with Gasteiger partial charge in [0.2, 0.25) is 0 Å². The van der Waals surface area contributed by atoms with Gasteiger partial charge in [-0.05, 0) is 6.07 Å². The lowest BCUT2D eigenvalue weighted by Gasteiger charge is -2.29. The molecule has 0 atom stereocenters. The topological polar surface area (TPSA) is 21.7 Å². The molecular weight excluding hydrogens is 253 g/mol. The maximum Gasteiger partial charge on any atom is 0.165 e. The smallest absolute Gasteiger partial charge is 0.165 e. The van der Waals surface area contributed by atoms with Crippen molar-refractivity contribution in [3.05, 3.63) is 29.6 Å². The molecule has 0 amide bonds. The Balaban J connectivity index is 2.08. The van der Waals surface area contributed by atoms with E-state index in [1.807, 2.05) is 6.07 Å². The standard InChI is InChI=1S/C13H16FNO2S/c1-16-13-10(3-2-4-11(13)14)9-12(18)15-5-7-17-8-6-15/h2-4H,5-9H2,1H3. The van der Waals surface area contributed by atoms with Crippen molar-refractivity contribution in [3.8, 4) is 5.75 Å². The minimum Gasteiger partial charge on any atom is -0.493 e. The number of thiocarbonyl (C=S) groups is 1. The Labute approximate surface area is 111 Å². The van der Waals surface area contributed by atoms with E-state index in [1.54, 1.807) is 6.07 Å². The average molecular weight is 269 g/mol. The molecule has 2 rings (SSSR count). The van der Waals surface area contributed by atoms with E-state index in [0.717, 1.165) is 23.6 Å². The van der Waals surface area contributed by atoms with E-state index >= 15 is 0 Å². The Kier molecular flexibility index (Phi) is 4.49. The first-order valence-electron chi connectivity index (χ1n) is 5.89. The molecule has 0 aliphatic carbocycles. The molecule has 18 heavy (non-hydrogen) atoms. The van der Waals surface area contributed by atoms with E-state index in [1.165, 1.54) is 13.2 Å². The third-order valence-electron chi connectivity index (χ3n) is 2.96. The van der Waals surface area contributed by atoms with Gasteiger partial charge in [0.25, 0.3) is 0 Å². The van der Waals surface area contributed by atoms with E-state index in [2.05, 4.69) is 4.90 Å². The molecule has 1 saturated heterocycles. The van der Waals surface area contributed by atoms with Crippen LogP contribution < -0.4 is 4.74 Å². The van der Waals surface area contributed by atoms with Crippen LogP contribution in [0.4, 0.5) is 4.39 Å². The summed E-state index contributed by atoms with van der Waals surface area (Å²) in [5, 5.41) is 0. The molecule has 0 saturated carbocycles. The quantitative estimate of drug-likeness (QED) is 0.783. The molecule has 0 N–H and O–H groups in total. The first-order valence-corrected chi connectivity index (χ1v) is 6.30. The molecule has 1 aromatic rings. The molecule has 0 bridgehead atoms. The van der Waals surface area contributed by atoms with Crippen molar-refractivity contribution < 1.29 is 13.9 Å². The molecular formula is C13H16FNO2S. The lowest BCUT2D eigenvalue weighted by atomic mass is 10.1. The molecule has 5 heteroatoms. The summed E-state index contributed by atoms with van der Waals surface area (Å²) in [6.45, 7) is 2.99.